The fourth-order valence-electron chi connectivity index (χ4n) is 6.63. The number of ether oxygens (including phenoxy) is 2. The zero-order valence-electron chi connectivity index (χ0n) is 28.8. The van der Waals surface area contributed by atoms with Gasteiger partial charge in [0.05, 0.1) is 25.4 Å². The highest BCUT2D eigenvalue weighted by atomic mass is 32.1. The van der Waals surface area contributed by atoms with Gasteiger partial charge in [0, 0.05) is 37.2 Å². The predicted octanol–water partition coefficient (Wildman–Crippen LogP) is 1.65. The number of nitrogens with one attached hydrogen (secondary N) is 4. The van der Waals surface area contributed by atoms with Gasteiger partial charge in [-0.1, -0.05) is 30.3 Å². The van der Waals surface area contributed by atoms with Gasteiger partial charge in [0.1, 0.15) is 41.2 Å². The van der Waals surface area contributed by atoms with Crippen molar-refractivity contribution >= 4 is 35.0 Å². The number of fused-ring (bicyclic) bond motifs is 16. The number of nitrogens with zero attached hydrogens (tertiary/aromatic N) is 2. The van der Waals surface area contributed by atoms with Gasteiger partial charge >= 0.3 is 0 Å². The summed E-state index contributed by atoms with van der Waals surface area (Å²) in [6.07, 6.45) is 5.35. The van der Waals surface area contributed by atoms with Crippen molar-refractivity contribution in [3.05, 3.63) is 75.7 Å². The van der Waals surface area contributed by atoms with Crippen molar-refractivity contribution in [1.82, 2.24) is 31.2 Å². The molecular weight excluding hydrogens is 673 g/mol. The van der Waals surface area contributed by atoms with E-state index in [1.165, 1.54) is 30.3 Å². The highest BCUT2D eigenvalue weighted by molar-refractivity contribution is 7.11. The molecule has 2 aromatic carbocycles. The Labute approximate surface area is 301 Å². The number of thiazole rings is 1. The summed E-state index contributed by atoms with van der Waals surface area (Å²) < 4.78 is 12.4. The Hall–Kier alpha value is -4.53. The lowest BCUT2D eigenvalue weighted by atomic mass is 9.89. The number of carbonyl (C=O) groups excluding carboxylic acids is 4. The van der Waals surface area contributed by atoms with Crippen LogP contribution in [0.2, 0.25) is 0 Å². The van der Waals surface area contributed by atoms with E-state index < -0.39 is 54.0 Å². The summed E-state index contributed by atoms with van der Waals surface area (Å²) in [6.45, 7) is 2.99. The zero-order chi connectivity index (χ0) is 35.8. The Morgan fingerprint density at radius 3 is 2.31 bits per heavy atom. The van der Waals surface area contributed by atoms with E-state index in [9.17, 15) is 24.3 Å². The highest BCUT2D eigenvalue weighted by Crippen LogP contribution is 2.33. The van der Waals surface area contributed by atoms with Gasteiger partial charge in [0.25, 0.3) is 5.91 Å². The third-order valence-electron chi connectivity index (χ3n) is 9.61. The molecule has 1 saturated heterocycles. The highest BCUT2D eigenvalue weighted by Gasteiger charge is 2.45. The van der Waals surface area contributed by atoms with E-state index in [1.807, 2.05) is 30.3 Å². The Morgan fingerprint density at radius 1 is 0.882 bits per heavy atom. The van der Waals surface area contributed by atoms with Crippen LogP contribution in [-0.4, -0.2) is 95.2 Å². The monoisotopic (exact) mass is 718 g/mol. The smallest absolute Gasteiger partial charge is 0.264 e. The third kappa shape index (κ3) is 9.23. The lowest BCUT2D eigenvalue weighted by Gasteiger charge is -2.41. The van der Waals surface area contributed by atoms with Crippen molar-refractivity contribution in [2.24, 2.45) is 0 Å². The van der Waals surface area contributed by atoms with Crippen LogP contribution in [0.25, 0.3) is 0 Å². The van der Waals surface area contributed by atoms with Gasteiger partial charge < -0.3 is 35.8 Å². The molecule has 1 aromatic heterocycles. The standard InChI is InChI=1S/C37H46N6O7S/c1-24-33(45)38-17-20-49-26-11-13-27(14-12-26)50-37(15-18-43(19-16-37)22-32-40-28-9-5-6-10-31(28)51-32)36(48)42-29(21-25-7-3-2-4-8-25)34(46)41-30(23-44)35(47)39-24/h2-4,7-8,11-14,24,29-30,44H,5-6,9-10,15-23H2,1H3,(H,38,45)(H,39,47)(H,41,46)(H,42,48)/t24-,29+,30-/m0/s1. The topological polar surface area (TPSA) is 171 Å². The Kier molecular flexibility index (Phi) is 11.8. The quantitative estimate of drug-likeness (QED) is 0.246. The number of hydrogen-bond acceptors (Lipinski definition) is 10. The minimum atomic E-state index is -1.36. The van der Waals surface area contributed by atoms with Gasteiger partial charge in [0.15, 0.2) is 5.60 Å². The molecule has 1 fully saturated rings. The fourth-order valence-corrected chi connectivity index (χ4v) is 7.83. The number of aromatic nitrogens is 1. The molecule has 14 heteroatoms. The van der Waals surface area contributed by atoms with Crippen molar-refractivity contribution in [1.29, 1.82) is 0 Å². The van der Waals surface area contributed by atoms with Gasteiger partial charge in [-0.05, 0) is 62.4 Å². The summed E-state index contributed by atoms with van der Waals surface area (Å²) in [5.41, 5.74) is 0.710. The summed E-state index contributed by atoms with van der Waals surface area (Å²) in [4.78, 5) is 62.6. The number of piperidine rings is 1. The van der Waals surface area contributed by atoms with Crippen LogP contribution in [0.5, 0.6) is 11.5 Å². The number of aliphatic hydroxyl groups is 1. The van der Waals surface area contributed by atoms with Crippen LogP contribution < -0.4 is 30.7 Å². The summed E-state index contributed by atoms with van der Waals surface area (Å²) in [6, 6.07) is 12.8. The van der Waals surface area contributed by atoms with Crippen LogP contribution in [0.3, 0.4) is 0 Å². The SMILES string of the molecule is C[C@@H]1NC(=O)[C@H](CO)NC(=O)[C@@H](Cc2ccccc2)NC(=O)C2(CCN(Cc3nc4c(s3)CCCC4)CC2)Oc2ccc(cc2)OCCNC1=O. The molecule has 4 amide bonds. The van der Waals surface area contributed by atoms with E-state index in [0.717, 1.165) is 23.4 Å². The van der Waals surface area contributed by atoms with Crippen LogP contribution in [0.4, 0.5) is 0 Å². The lowest BCUT2D eigenvalue weighted by molar-refractivity contribution is -0.144. The van der Waals surface area contributed by atoms with E-state index in [-0.39, 0.29) is 19.6 Å². The lowest BCUT2D eigenvalue weighted by Crippen LogP contribution is -2.62. The van der Waals surface area contributed by atoms with Crippen LogP contribution >= 0.6 is 11.3 Å². The maximum Gasteiger partial charge on any atom is 0.264 e. The number of aryl methyl sites for hydroxylation is 2. The molecule has 0 saturated carbocycles. The molecule has 5 N–H and O–H groups in total. The van der Waals surface area contributed by atoms with Crippen LogP contribution in [0.1, 0.15) is 53.7 Å². The molecule has 0 radical (unpaired) electrons. The van der Waals surface area contributed by atoms with Crippen LogP contribution in [0.15, 0.2) is 54.6 Å². The van der Waals surface area contributed by atoms with Crippen LogP contribution in [0, 0.1) is 0 Å². The first-order chi connectivity index (χ1) is 24.7. The largest absolute Gasteiger partial charge is 0.492 e. The molecule has 4 heterocycles. The number of amides is 4. The van der Waals surface area contributed by atoms with Gasteiger partial charge in [-0.3, -0.25) is 24.1 Å². The summed E-state index contributed by atoms with van der Waals surface area (Å²) >= 11 is 1.79. The first-order valence-electron chi connectivity index (χ1n) is 17.7. The van der Waals surface area contributed by atoms with Crippen molar-refractivity contribution < 1.29 is 33.8 Å². The first kappa shape index (κ1) is 36.3. The predicted molar refractivity (Wildman–Crippen MR) is 190 cm³/mol. The second-order valence-corrected chi connectivity index (χ2v) is 14.5. The van der Waals surface area contributed by atoms with Crippen molar-refractivity contribution in [2.45, 2.75) is 82.1 Å². The summed E-state index contributed by atoms with van der Waals surface area (Å²) in [5, 5.41) is 22.0. The molecule has 1 spiro atoms. The molecular formula is C37H46N6O7S. The molecule has 1 aliphatic carbocycles. The van der Waals surface area contributed by atoms with Gasteiger partial charge in [-0.15, -0.1) is 11.3 Å². The summed E-state index contributed by atoms with van der Waals surface area (Å²) in [5.74, 6) is -1.28. The second-order valence-electron chi connectivity index (χ2n) is 13.4. The number of benzene rings is 2. The minimum absolute atomic E-state index is 0.125. The van der Waals surface area contributed by atoms with Crippen molar-refractivity contribution in [2.75, 3.05) is 32.8 Å². The molecule has 272 valence electrons. The van der Waals surface area contributed by atoms with Crippen LogP contribution in [-0.2, 0) is 45.0 Å². The Morgan fingerprint density at radius 2 is 1.59 bits per heavy atom. The molecule has 4 aliphatic rings. The van der Waals surface area contributed by atoms with Gasteiger partial charge in [-0.25, -0.2) is 4.98 Å². The fraction of sp³-hybridized carbons (Fsp3) is 0.486. The molecule has 2 bridgehead atoms. The zero-order valence-corrected chi connectivity index (χ0v) is 29.6. The molecule has 0 unspecified atom stereocenters. The maximum absolute atomic E-state index is 14.5. The van der Waals surface area contributed by atoms with E-state index in [1.54, 1.807) is 35.6 Å². The number of rotatable bonds is 5. The third-order valence-corrected chi connectivity index (χ3v) is 10.7. The van der Waals surface area contributed by atoms with E-state index >= 15 is 0 Å². The Bertz CT molecular complexity index is 1650. The van der Waals surface area contributed by atoms with E-state index in [4.69, 9.17) is 14.5 Å². The number of carbonyl (C=O) groups is 4. The average Bonchev–Trinajstić information content (AvgIpc) is 3.55. The van der Waals surface area contributed by atoms with Crippen molar-refractivity contribution in [3.8, 4) is 11.5 Å². The molecule has 7 rings (SSSR count). The van der Waals surface area contributed by atoms with Gasteiger partial charge in [-0.2, -0.15) is 0 Å². The van der Waals surface area contributed by atoms with Gasteiger partial charge in [0.2, 0.25) is 17.7 Å². The normalized spacial score (nSPS) is 23.5. The molecule has 3 aromatic rings. The number of likely N-dealkylation sites (tertiary alicyclic amines) is 1. The summed E-state index contributed by atoms with van der Waals surface area (Å²) in [7, 11) is 0. The average molecular weight is 719 g/mol. The minimum Gasteiger partial charge on any atom is -0.492 e. The number of aliphatic hydroxyl groups excluding tert-OH is 1. The van der Waals surface area contributed by atoms with E-state index in [0.29, 0.717) is 44.0 Å². The maximum atomic E-state index is 14.5. The second kappa shape index (κ2) is 16.7. The molecule has 51 heavy (non-hydrogen) atoms. The molecule has 13 nitrogen and oxygen atoms in total. The first-order valence-corrected chi connectivity index (χ1v) is 18.5. The molecule has 3 atom stereocenters. The Balaban J connectivity index is 1.26. The van der Waals surface area contributed by atoms with E-state index in [2.05, 4.69) is 26.2 Å². The number of hydrogen-bond donors (Lipinski definition) is 5. The molecule has 3 aliphatic heterocycles. The van der Waals surface area contributed by atoms with Crippen molar-refractivity contribution in [3.63, 3.8) is 0 Å².